The van der Waals surface area contributed by atoms with Crippen molar-refractivity contribution in [3.63, 3.8) is 0 Å². The molecule has 2 N–H and O–H groups in total. The number of hydrogen-bond donors (Lipinski definition) is 2. The number of halogens is 1. The summed E-state index contributed by atoms with van der Waals surface area (Å²) in [4.78, 5) is 11.3. The topological polar surface area (TPSA) is 41.1 Å². The van der Waals surface area contributed by atoms with Crippen molar-refractivity contribution in [1.29, 1.82) is 0 Å². The van der Waals surface area contributed by atoms with Crippen LogP contribution in [0.3, 0.4) is 0 Å². The van der Waals surface area contributed by atoms with Gasteiger partial charge in [0.2, 0.25) is 0 Å². The van der Waals surface area contributed by atoms with Crippen LogP contribution in [0.1, 0.15) is 31.7 Å². The van der Waals surface area contributed by atoms with E-state index in [4.69, 9.17) is 0 Å². The minimum atomic E-state index is -0.293. The molecular formula is C13H19FN2O. The molecular weight excluding hydrogens is 219 g/mol. The van der Waals surface area contributed by atoms with Crippen molar-refractivity contribution < 1.29 is 9.18 Å². The first-order valence-electron chi connectivity index (χ1n) is 5.99. The molecule has 0 bridgehead atoms. The first kappa shape index (κ1) is 13.5. The Balaban J connectivity index is 2.22. The Morgan fingerprint density at radius 2 is 2.00 bits per heavy atom. The van der Waals surface area contributed by atoms with Crippen LogP contribution in [-0.4, -0.2) is 12.6 Å². The van der Waals surface area contributed by atoms with Gasteiger partial charge in [0, 0.05) is 18.7 Å². The number of amides is 2. The third kappa shape index (κ3) is 5.33. The molecule has 0 radical (unpaired) electrons. The Hall–Kier alpha value is -1.58. The Kier molecular flexibility index (Phi) is 6.07. The standard InChI is InChI=1S/C13H19FN2O/c1-2-3-6-9-15-13(17)16-10-11-7-4-5-8-12(11)14/h4-5,7-8H,2-3,6,9-10H2,1H3,(H2,15,16,17). The summed E-state index contributed by atoms with van der Waals surface area (Å²) in [6.45, 7) is 2.99. The lowest BCUT2D eigenvalue weighted by Gasteiger charge is -2.07. The van der Waals surface area contributed by atoms with Gasteiger partial charge in [-0.3, -0.25) is 0 Å². The highest BCUT2D eigenvalue weighted by Gasteiger charge is 2.03. The Bertz CT molecular complexity index is 355. The summed E-state index contributed by atoms with van der Waals surface area (Å²) in [5, 5.41) is 5.36. The highest BCUT2D eigenvalue weighted by molar-refractivity contribution is 5.73. The van der Waals surface area contributed by atoms with Gasteiger partial charge in [-0.1, -0.05) is 38.0 Å². The fourth-order valence-corrected chi connectivity index (χ4v) is 1.46. The van der Waals surface area contributed by atoms with E-state index in [-0.39, 0.29) is 18.4 Å². The van der Waals surface area contributed by atoms with Crippen molar-refractivity contribution in [3.8, 4) is 0 Å². The van der Waals surface area contributed by atoms with Gasteiger partial charge in [-0.25, -0.2) is 9.18 Å². The number of unbranched alkanes of at least 4 members (excludes halogenated alkanes) is 2. The molecule has 0 saturated carbocycles. The van der Waals surface area contributed by atoms with Crippen LogP contribution >= 0.6 is 0 Å². The largest absolute Gasteiger partial charge is 0.338 e. The summed E-state index contributed by atoms with van der Waals surface area (Å²) in [6, 6.07) is 6.18. The maximum Gasteiger partial charge on any atom is 0.315 e. The van der Waals surface area contributed by atoms with Gasteiger partial charge in [0.25, 0.3) is 0 Å². The van der Waals surface area contributed by atoms with Crippen LogP contribution in [0.4, 0.5) is 9.18 Å². The van der Waals surface area contributed by atoms with Crippen molar-refractivity contribution >= 4 is 6.03 Å². The molecule has 94 valence electrons. The van der Waals surface area contributed by atoms with E-state index in [1.807, 2.05) is 0 Å². The van der Waals surface area contributed by atoms with Gasteiger partial charge in [-0.05, 0) is 12.5 Å². The molecule has 0 aliphatic rings. The molecule has 0 aromatic heterocycles. The molecule has 1 rings (SSSR count). The van der Waals surface area contributed by atoms with Crippen molar-refractivity contribution in [3.05, 3.63) is 35.6 Å². The van der Waals surface area contributed by atoms with Crippen molar-refractivity contribution in [2.75, 3.05) is 6.54 Å². The van der Waals surface area contributed by atoms with Gasteiger partial charge >= 0.3 is 6.03 Å². The van der Waals surface area contributed by atoms with Crippen molar-refractivity contribution in [2.45, 2.75) is 32.7 Å². The number of benzene rings is 1. The molecule has 0 spiro atoms. The lowest BCUT2D eigenvalue weighted by Crippen LogP contribution is -2.35. The lowest BCUT2D eigenvalue weighted by molar-refractivity contribution is 0.240. The van der Waals surface area contributed by atoms with Crippen LogP contribution in [0, 0.1) is 5.82 Å². The second-order valence-corrected chi connectivity index (χ2v) is 3.91. The number of carbonyl (C=O) groups is 1. The molecule has 2 amide bonds. The summed E-state index contributed by atoms with van der Waals surface area (Å²) in [7, 11) is 0. The van der Waals surface area contributed by atoms with Crippen LogP contribution < -0.4 is 10.6 Å². The molecule has 0 aliphatic carbocycles. The van der Waals surface area contributed by atoms with Crippen LogP contribution in [0.15, 0.2) is 24.3 Å². The average molecular weight is 238 g/mol. The zero-order chi connectivity index (χ0) is 12.5. The second kappa shape index (κ2) is 7.65. The van der Waals surface area contributed by atoms with E-state index < -0.39 is 0 Å². The zero-order valence-electron chi connectivity index (χ0n) is 10.1. The first-order valence-corrected chi connectivity index (χ1v) is 5.99. The third-order valence-corrected chi connectivity index (χ3v) is 2.46. The van der Waals surface area contributed by atoms with Crippen LogP contribution in [-0.2, 0) is 6.54 Å². The Morgan fingerprint density at radius 1 is 1.24 bits per heavy atom. The van der Waals surface area contributed by atoms with Crippen LogP contribution in [0.5, 0.6) is 0 Å². The maximum atomic E-state index is 13.2. The fraction of sp³-hybridized carbons (Fsp3) is 0.462. The molecule has 0 heterocycles. The molecule has 0 aliphatic heterocycles. The van der Waals surface area contributed by atoms with E-state index in [1.165, 1.54) is 6.07 Å². The molecule has 17 heavy (non-hydrogen) atoms. The molecule has 0 saturated heterocycles. The quantitative estimate of drug-likeness (QED) is 0.735. The number of rotatable bonds is 6. The van der Waals surface area contributed by atoms with Gasteiger partial charge < -0.3 is 10.6 Å². The number of nitrogens with one attached hydrogen (secondary N) is 2. The SMILES string of the molecule is CCCCCNC(=O)NCc1ccccc1F. The smallest absolute Gasteiger partial charge is 0.315 e. The molecule has 4 heteroatoms. The number of carbonyl (C=O) groups excluding carboxylic acids is 1. The normalized spacial score (nSPS) is 10.0. The van der Waals surface area contributed by atoms with Gasteiger partial charge in [-0.15, -0.1) is 0 Å². The highest BCUT2D eigenvalue weighted by Crippen LogP contribution is 2.05. The van der Waals surface area contributed by atoms with E-state index in [0.717, 1.165) is 19.3 Å². The minimum absolute atomic E-state index is 0.215. The molecule has 1 aromatic carbocycles. The third-order valence-electron chi connectivity index (χ3n) is 2.46. The van der Waals surface area contributed by atoms with Crippen LogP contribution in [0.2, 0.25) is 0 Å². The average Bonchev–Trinajstić information content (AvgIpc) is 2.34. The maximum absolute atomic E-state index is 13.2. The van der Waals surface area contributed by atoms with Gasteiger partial charge in [0.1, 0.15) is 5.82 Å². The predicted molar refractivity (Wildman–Crippen MR) is 66.2 cm³/mol. The van der Waals surface area contributed by atoms with E-state index >= 15 is 0 Å². The summed E-state index contributed by atoms with van der Waals surface area (Å²) in [5.74, 6) is -0.293. The number of hydrogen-bond acceptors (Lipinski definition) is 1. The molecule has 0 unspecified atom stereocenters. The molecule has 0 fully saturated rings. The van der Waals surface area contributed by atoms with E-state index in [2.05, 4.69) is 17.6 Å². The monoisotopic (exact) mass is 238 g/mol. The Morgan fingerprint density at radius 3 is 2.71 bits per heavy atom. The van der Waals surface area contributed by atoms with Crippen molar-refractivity contribution in [1.82, 2.24) is 10.6 Å². The zero-order valence-corrected chi connectivity index (χ0v) is 10.1. The van der Waals surface area contributed by atoms with Gasteiger partial charge in [0.05, 0.1) is 0 Å². The van der Waals surface area contributed by atoms with E-state index in [1.54, 1.807) is 18.2 Å². The fourth-order valence-electron chi connectivity index (χ4n) is 1.46. The Labute approximate surface area is 101 Å². The van der Waals surface area contributed by atoms with Gasteiger partial charge in [0.15, 0.2) is 0 Å². The van der Waals surface area contributed by atoms with Gasteiger partial charge in [-0.2, -0.15) is 0 Å². The summed E-state index contributed by atoms with van der Waals surface area (Å²) < 4.78 is 13.2. The van der Waals surface area contributed by atoms with E-state index in [0.29, 0.717) is 12.1 Å². The lowest BCUT2D eigenvalue weighted by atomic mass is 10.2. The summed E-state index contributed by atoms with van der Waals surface area (Å²) in [6.07, 6.45) is 3.20. The van der Waals surface area contributed by atoms with Crippen molar-refractivity contribution in [2.24, 2.45) is 0 Å². The molecule has 3 nitrogen and oxygen atoms in total. The minimum Gasteiger partial charge on any atom is -0.338 e. The first-order chi connectivity index (χ1) is 8.24. The second-order valence-electron chi connectivity index (χ2n) is 3.91. The molecule has 1 aromatic rings. The van der Waals surface area contributed by atoms with E-state index in [9.17, 15) is 9.18 Å². The summed E-state index contributed by atoms with van der Waals surface area (Å²) in [5.41, 5.74) is 0.496. The predicted octanol–water partition coefficient (Wildman–Crippen LogP) is 2.82. The number of urea groups is 1. The van der Waals surface area contributed by atoms with Crippen LogP contribution in [0.25, 0.3) is 0 Å². The highest BCUT2D eigenvalue weighted by atomic mass is 19.1. The summed E-state index contributed by atoms with van der Waals surface area (Å²) >= 11 is 0. The molecule has 0 atom stereocenters.